The van der Waals surface area contributed by atoms with E-state index in [4.69, 9.17) is 0 Å². The smallest absolute Gasteiger partial charge is 0.856 e. The fourth-order valence-electron chi connectivity index (χ4n) is 2.02. The first-order valence-electron chi connectivity index (χ1n) is 7.38. The van der Waals surface area contributed by atoms with E-state index in [-0.39, 0.29) is 47.6 Å². The van der Waals surface area contributed by atoms with Crippen LogP contribution in [0.15, 0.2) is 59.7 Å². The number of nitrogens with one attached hydrogen (secondary N) is 1. The van der Waals surface area contributed by atoms with Crippen molar-refractivity contribution in [3.05, 3.63) is 77.2 Å². The van der Waals surface area contributed by atoms with Crippen molar-refractivity contribution in [2.75, 3.05) is 0 Å². The zero-order chi connectivity index (χ0) is 17.6. The molecule has 1 heterocycles. The fraction of sp³-hybridized carbons (Fsp3) is 0.0588. The topological polar surface area (TPSA) is 95.2 Å². The van der Waals surface area contributed by atoms with Crippen LogP contribution in [0, 0.1) is 5.82 Å². The van der Waals surface area contributed by atoms with E-state index in [1.807, 2.05) is 30.3 Å². The number of amides is 1. The molecule has 0 aliphatic carbocycles. The summed E-state index contributed by atoms with van der Waals surface area (Å²) in [6.07, 6.45) is 1.32. The predicted octanol–water partition coefficient (Wildman–Crippen LogP) is -1.69. The number of hydrogen-bond acceptors (Lipinski definition) is 5. The Morgan fingerprint density at radius 3 is 2.58 bits per heavy atom. The Morgan fingerprint density at radius 2 is 1.88 bits per heavy atom. The summed E-state index contributed by atoms with van der Waals surface area (Å²) < 4.78 is 12.8. The third kappa shape index (κ3) is 4.98. The van der Waals surface area contributed by atoms with Gasteiger partial charge in [-0.15, -0.1) is 9.89 Å². The van der Waals surface area contributed by atoms with Gasteiger partial charge in [-0.05, 0) is 28.5 Å². The van der Waals surface area contributed by atoms with Gasteiger partial charge in [0.1, 0.15) is 5.82 Å². The molecule has 3 aromatic rings. The molecule has 3 rings (SSSR count). The van der Waals surface area contributed by atoms with E-state index < -0.39 is 11.8 Å². The van der Waals surface area contributed by atoms with Crippen LogP contribution in [0.3, 0.4) is 0 Å². The van der Waals surface area contributed by atoms with Gasteiger partial charge in [0.05, 0.1) is 6.21 Å². The van der Waals surface area contributed by atoms with E-state index in [9.17, 15) is 14.3 Å². The van der Waals surface area contributed by atoms with Crippen LogP contribution in [0.1, 0.15) is 21.6 Å². The molecule has 9 heteroatoms. The Bertz CT molecular complexity index is 897. The van der Waals surface area contributed by atoms with Crippen LogP contribution in [0.2, 0.25) is 0 Å². The molecule has 0 saturated carbocycles. The van der Waals surface area contributed by atoms with Crippen molar-refractivity contribution in [2.24, 2.45) is 5.10 Å². The number of hydrogen-bond donors (Lipinski definition) is 1. The number of nitrogens with zero attached hydrogens (tertiary/aromatic N) is 4. The van der Waals surface area contributed by atoms with Gasteiger partial charge >= 0.3 is 29.6 Å². The minimum Gasteiger partial charge on any atom is -0.856 e. The maximum absolute atomic E-state index is 12.8. The molecule has 7 nitrogen and oxygen atoms in total. The predicted molar refractivity (Wildman–Crippen MR) is 86.5 cm³/mol. The second kappa shape index (κ2) is 9.23. The van der Waals surface area contributed by atoms with E-state index in [1.54, 1.807) is 0 Å². The summed E-state index contributed by atoms with van der Waals surface area (Å²) in [5, 5.41) is 25.6. The number of aromatic nitrogens is 3. The van der Waals surface area contributed by atoms with E-state index in [1.165, 1.54) is 30.5 Å². The number of carbonyl (C=O) groups is 1. The van der Waals surface area contributed by atoms with Crippen LogP contribution in [-0.4, -0.2) is 27.2 Å². The summed E-state index contributed by atoms with van der Waals surface area (Å²) in [4.78, 5) is 12.8. The van der Waals surface area contributed by atoms with Crippen molar-refractivity contribution in [3.63, 3.8) is 0 Å². The van der Waals surface area contributed by atoms with Gasteiger partial charge in [-0.3, -0.25) is 4.79 Å². The van der Waals surface area contributed by atoms with Gasteiger partial charge in [-0.1, -0.05) is 42.5 Å². The number of halogens is 1. The number of benzene rings is 2. The minimum atomic E-state index is -0.732. The number of rotatable bonds is 5. The van der Waals surface area contributed by atoms with E-state index in [2.05, 4.69) is 20.7 Å². The second-order valence-electron chi connectivity index (χ2n) is 5.10. The summed E-state index contributed by atoms with van der Waals surface area (Å²) in [7, 11) is 0. The van der Waals surface area contributed by atoms with Gasteiger partial charge in [0, 0.05) is 12.4 Å². The zero-order valence-electron chi connectivity index (χ0n) is 14.0. The molecule has 0 bridgehead atoms. The molecular weight excluding hydrogens is 348 g/mol. The molecular formula is C17H13FN5NaO2. The van der Waals surface area contributed by atoms with Crippen LogP contribution < -0.4 is 40.0 Å². The van der Waals surface area contributed by atoms with Crippen molar-refractivity contribution in [1.82, 2.24) is 20.4 Å². The Labute approximate surface area is 170 Å². The molecule has 1 N–H and O–H groups in total. The first-order valence-corrected chi connectivity index (χ1v) is 7.38. The van der Waals surface area contributed by atoms with Crippen LogP contribution >= 0.6 is 0 Å². The first-order chi connectivity index (χ1) is 12.1. The molecule has 0 fully saturated rings. The van der Waals surface area contributed by atoms with Crippen molar-refractivity contribution in [2.45, 2.75) is 6.54 Å². The summed E-state index contributed by atoms with van der Waals surface area (Å²) >= 11 is 0. The molecule has 0 radical (unpaired) electrons. The Kier molecular flexibility index (Phi) is 7.02. The third-order valence-electron chi connectivity index (χ3n) is 3.31. The van der Waals surface area contributed by atoms with Gasteiger partial charge in [0.15, 0.2) is 5.69 Å². The summed E-state index contributed by atoms with van der Waals surface area (Å²) in [6, 6.07) is 14.8. The molecule has 26 heavy (non-hydrogen) atoms. The van der Waals surface area contributed by atoms with Crippen molar-refractivity contribution in [1.29, 1.82) is 0 Å². The Balaban J connectivity index is 0.00000243. The van der Waals surface area contributed by atoms with Crippen LogP contribution in [-0.2, 0) is 6.54 Å². The largest absolute Gasteiger partial charge is 1.00 e. The van der Waals surface area contributed by atoms with Gasteiger partial charge in [-0.2, -0.15) is 5.10 Å². The van der Waals surface area contributed by atoms with Gasteiger partial charge < -0.3 is 10.4 Å². The van der Waals surface area contributed by atoms with E-state index in [0.717, 1.165) is 5.56 Å². The Morgan fingerprint density at radius 1 is 1.19 bits per heavy atom. The monoisotopic (exact) mass is 361 g/mol. The van der Waals surface area contributed by atoms with Crippen LogP contribution in [0.4, 0.5) is 4.39 Å². The van der Waals surface area contributed by atoms with Crippen molar-refractivity contribution in [3.8, 4) is 5.88 Å². The number of carbonyl (C=O) groups excluding carboxylic acids is 1. The molecule has 0 atom stereocenters. The maximum atomic E-state index is 12.8. The molecule has 126 valence electrons. The SMILES string of the molecule is O=C(NCc1ccccc1)c1nnn(/N=C/c2ccc(F)cc2)c1[O-].[Na+]. The van der Waals surface area contributed by atoms with Gasteiger partial charge in [-0.25, -0.2) is 4.39 Å². The van der Waals surface area contributed by atoms with Crippen molar-refractivity contribution >= 4 is 12.1 Å². The normalized spacial score (nSPS) is 10.5. The van der Waals surface area contributed by atoms with Crippen LogP contribution in [0.25, 0.3) is 0 Å². The quantitative estimate of drug-likeness (QED) is 0.433. The first kappa shape index (κ1) is 19.8. The molecule has 0 aliphatic rings. The molecule has 0 aliphatic heterocycles. The van der Waals surface area contributed by atoms with E-state index in [0.29, 0.717) is 10.4 Å². The second-order valence-corrected chi connectivity index (χ2v) is 5.10. The average molecular weight is 361 g/mol. The Hall–Kier alpha value is -2.55. The van der Waals surface area contributed by atoms with Gasteiger partial charge in [0.25, 0.3) is 5.91 Å². The summed E-state index contributed by atoms with van der Waals surface area (Å²) in [5.41, 5.74) is 1.13. The van der Waals surface area contributed by atoms with E-state index >= 15 is 0 Å². The van der Waals surface area contributed by atoms with Crippen molar-refractivity contribution < 1.29 is 43.8 Å². The molecule has 0 spiro atoms. The molecule has 0 saturated heterocycles. The molecule has 2 aromatic carbocycles. The van der Waals surface area contributed by atoms with Crippen LogP contribution in [0.5, 0.6) is 5.88 Å². The fourth-order valence-corrected chi connectivity index (χ4v) is 2.02. The average Bonchev–Trinajstić information content (AvgIpc) is 3.01. The summed E-state index contributed by atoms with van der Waals surface area (Å²) in [5.74, 6) is -1.74. The third-order valence-corrected chi connectivity index (χ3v) is 3.31. The maximum Gasteiger partial charge on any atom is 1.00 e. The molecule has 1 aromatic heterocycles. The standard InChI is InChI=1S/C17H14FN5O2.Na/c18-14-8-6-13(7-9-14)11-20-23-17(25)15(21-22-23)16(24)19-10-12-4-2-1-3-5-12;/h1-9,11,25H,10H2,(H,19,24);/q;+1/p-1/b20-11+;. The minimum absolute atomic E-state index is 0. The van der Waals surface area contributed by atoms with Gasteiger partial charge in [0.2, 0.25) is 0 Å². The molecule has 0 unspecified atom stereocenters. The summed E-state index contributed by atoms with van der Waals surface area (Å²) in [6.45, 7) is 0.269. The zero-order valence-corrected chi connectivity index (χ0v) is 16.0. The molecule has 1 amide bonds.